The predicted octanol–water partition coefficient (Wildman–Crippen LogP) is 6.01. The summed E-state index contributed by atoms with van der Waals surface area (Å²) < 4.78 is 17.0. The number of aryl methyl sites for hydroxylation is 2. The number of imide groups is 1. The fraction of sp³-hybridized carbons (Fsp3) is 0.214. The molecule has 1 aliphatic heterocycles. The van der Waals surface area contributed by atoms with E-state index in [-0.39, 0.29) is 17.7 Å². The second-order valence-electron chi connectivity index (χ2n) is 8.11. The van der Waals surface area contributed by atoms with Gasteiger partial charge in [0.1, 0.15) is 19.0 Å². The van der Waals surface area contributed by atoms with Crippen molar-refractivity contribution in [3.05, 3.63) is 93.9 Å². The Balaban J connectivity index is 1.39. The summed E-state index contributed by atoms with van der Waals surface area (Å²) in [7, 11) is 1.56. The van der Waals surface area contributed by atoms with Gasteiger partial charge in [-0.2, -0.15) is 0 Å². The van der Waals surface area contributed by atoms with Gasteiger partial charge in [0.15, 0.2) is 11.5 Å². The second-order valence-corrected chi connectivity index (χ2v) is 9.11. The van der Waals surface area contributed by atoms with Crippen molar-refractivity contribution in [1.82, 2.24) is 4.90 Å². The van der Waals surface area contributed by atoms with Gasteiger partial charge in [-0.3, -0.25) is 14.5 Å². The minimum atomic E-state index is -0.296. The van der Waals surface area contributed by atoms with Crippen molar-refractivity contribution in [1.29, 1.82) is 0 Å². The largest absolute Gasteiger partial charge is 0.493 e. The quantitative estimate of drug-likeness (QED) is 0.271. The van der Waals surface area contributed by atoms with E-state index in [4.69, 9.17) is 14.2 Å². The van der Waals surface area contributed by atoms with Crippen LogP contribution >= 0.6 is 11.8 Å². The average Bonchev–Trinajstić information content (AvgIpc) is 3.12. The molecule has 3 aromatic rings. The highest BCUT2D eigenvalue weighted by molar-refractivity contribution is 8.18. The number of hydrogen-bond donors (Lipinski definition) is 0. The van der Waals surface area contributed by atoms with Gasteiger partial charge in [-0.25, -0.2) is 0 Å². The summed E-state index contributed by atoms with van der Waals surface area (Å²) in [6.07, 6.45) is 1.70. The number of nitrogens with zero attached hydrogens (tertiary/aromatic N) is 1. The third-order valence-corrected chi connectivity index (χ3v) is 6.49. The lowest BCUT2D eigenvalue weighted by Gasteiger charge is -2.14. The van der Waals surface area contributed by atoms with E-state index in [1.54, 1.807) is 25.3 Å². The molecule has 1 heterocycles. The van der Waals surface area contributed by atoms with Crippen LogP contribution in [0.15, 0.2) is 71.6 Å². The second kappa shape index (κ2) is 11.1. The molecule has 0 aromatic heterocycles. The monoisotopic (exact) mass is 489 g/mol. The van der Waals surface area contributed by atoms with E-state index in [1.807, 2.05) is 68.4 Å². The lowest BCUT2D eigenvalue weighted by atomic mass is 10.1. The molecule has 7 heteroatoms. The van der Waals surface area contributed by atoms with Crippen molar-refractivity contribution < 1.29 is 23.8 Å². The van der Waals surface area contributed by atoms with E-state index in [2.05, 4.69) is 0 Å². The van der Waals surface area contributed by atoms with Gasteiger partial charge in [0.05, 0.1) is 18.6 Å². The molecule has 180 valence electrons. The highest BCUT2D eigenvalue weighted by Gasteiger charge is 2.35. The molecule has 1 fully saturated rings. The van der Waals surface area contributed by atoms with Crippen LogP contribution in [0.1, 0.15) is 22.3 Å². The van der Waals surface area contributed by atoms with E-state index in [1.165, 1.54) is 10.5 Å². The SMILES string of the molecule is COc1cc(/C=C2\SC(=O)N(Cc3ccccc3C)C2=O)ccc1OCCOc1ccc(C)cc1. The maximum Gasteiger partial charge on any atom is 0.293 e. The first kappa shape index (κ1) is 24.4. The molecule has 0 spiro atoms. The third-order valence-electron chi connectivity index (χ3n) is 5.58. The fourth-order valence-corrected chi connectivity index (χ4v) is 4.42. The first-order chi connectivity index (χ1) is 16.9. The number of benzene rings is 3. The van der Waals surface area contributed by atoms with Crippen LogP contribution in [0.2, 0.25) is 0 Å². The first-order valence-corrected chi connectivity index (χ1v) is 12.1. The zero-order chi connectivity index (χ0) is 24.8. The molecule has 4 rings (SSSR count). The Morgan fingerprint density at radius 1 is 0.886 bits per heavy atom. The molecule has 0 atom stereocenters. The van der Waals surface area contributed by atoms with Gasteiger partial charge in [-0.05, 0) is 72.6 Å². The van der Waals surface area contributed by atoms with Crippen molar-refractivity contribution in [2.45, 2.75) is 20.4 Å². The zero-order valence-corrected chi connectivity index (χ0v) is 20.8. The Labute approximate surface area is 209 Å². The molecule has 1 saturated heterocycles. The Bertz CT molecular complexity index is 1250. The third kappa shape index (κ3) is 6.05. The van der Waals surface area contributed by atoms with Crippen molar-refractivity contribution in [3.8, 4) is 17.2 Å². The van der Waals surface area contributed by atoms with Crippen LogP contribution < -0.4 is 14.2 Å². The smallest absolute Gasteiger partial charge is 0.293 e. The number of carbonyl (C=O) groups is 2. The normalized spacial score (nSPS) is 14.5. The number of amides is 2. The summed E-state index contributed by atoms with van der Waals surface area (Å²) in [5.41, 5.74) is 3.91. The summed E-state index contributed by atoms with van der Waals surface area (Å²) in [5, 5.41) is -0.273. The molecule has 1 aliphatic rings. The number of hydrogen-bond acceptors (Lipinski definition) is 6. The Hall–Kier alpha value is -3.71. The van der Waals surface area contributed by atoms with Crippen molar-refractivity contribution >= 4 is 29.0 Å². The van der Waals surface area contributed by atoms with E-state index < -0.39 is 0 Å². The van der Waals surface area contributed by atoms with E-state index in [0.29, 0.717) is 29.6 Å². The van der Waals surface area contributed by atoms with Gasteiger partial charge in [-0.15, -0.1) is 0 Å². The Kier molecular flexibility index (Phi) is 7.77. The number of ether oxygens (including phenoxy) is 3. The highest BCUT2D eigenvalue weighted by atomic mass is 32.2. The van der Waals surface area contributed by atoms with Gasteiger partial charge < -0.3 is 14.2 Å². The van der Waals surface area contributed by atoms with Gasteiger partial charge in [0.2, 0.25) is 0 Å². The van der Waals surface area contributed by atoms with Crippen LogP contribution in [-0.2, 0) is 11.3 Å². The van der Waals surface area contributed by atoms with Crippen LogP contribution in [-0.4, -0.2) is 36.4 Å². The molecule has 35 heavy (non-hydrogen) atoms. The van der Waals surface area contributed by atoms with Gasteiger partial charge >= 0.3 is 0 Å². The van der Waals surface area contributed by atoms with Gasteiger partial charge in [-0.1, -0.05) is 48.0 Å². The Morgan fingerprint density at radius 2 is 1.63 bits per heavy atom. The number of rotatable bonds is 9. The molecule has 2 amide bonds. The highest BCUT2D eigenvalue weighted by Crippen LogP contribution is 2.35. The minimum absolute atomic E-state index is 0.259. The zero-order valence-electron chi connectivity index (χ0n) is 19.9. The molecular weight excluding hydrogens is 462 g/mol. The summed E-state index contributed by atoms with van der Waals surface area (Å²) >= 11 is 0.945. The molecule has 3 aromatic carbocycles. The van der Waals surface area contributed by atoms with Crippen LogP contribution in [0.3, 0.4) is 0 Å². The van der Waals surface area contributed by atoms with E-state index in [9.17, 15) is 9.59 Å². The number of methoxy groups -OCH3 is 1. The average molecular weight is 490 g/mol. The summed E-state index contributed by atoms with van der Waals surface area (Å²) in [6.45, 7) is 4.99. The van der Waals surface area contributed by atoms with Crippen molar-refractivity contribution in [2.75, 3.05) is 20.3 Å². The predicted molar refractivity (Wildman–Crippen MR) is 138 cm³/mol. The molecule has 0 radical (unpaired) electrons. The lowest BCUT2D eigenvalue weighted by Crippen LogP contribution is -2.27. The fourth-order valence-electron chi connectivity index (χ4n) is 3.58. The first-order valence-electron chi connectivity index (χ1n) is 11.2. The summed E-state index contributed by atoms with van der Waals surface area (Å²) in [4.78, 5) is 27.1. The minimum Gasteiger partial charge on any atom is -0.493 e. The molecule has 6 nitrogen and oxygen atoms in total. The van der Waals surface area contributed by atoms with Crippen LogP contribution in [0.5, 0.6) is 17.2 Å². The maximum atomic E-state index is 12.9. The molecule has 0 aliphatic carbocycles. The van der Waals surface area contributed by atoms with Gasteiger partial charge in [0.25, 0.3) is 11.1 Å². The molecule has 0 bridgehead atoms. The summed E-state index contributed by atoms with van der Waals surface area (Å²) in [6, 6.07) is 21.0. The summed E-state index contributed by atoms with van der Waals surface area (Å²) in [5.74, 6) is 1.60. The number of thioether (sulfide) groups is 1. The number of carbonyl (C=O) groups excluding carboxylic acids is 2. The lowest BCUT2D eigenvalue weighted by molar-refractivity contribution is -0.123. The van der Waals surface area contributed by atoms with Crippen molar-refractivity contribution in [3.63, 3.8) is 0 Å². The van der Waals surface area contributed by atoms with E-state index in [0.717, 1.165) is 34.2 Å². The van der Waals surface area contributed by atoms with Crippen LogP contribution in [0, 0.1) is 13.8 Å². The van der Waals surface area contributed by atoms with Gasteiger partial charge in [0, 0.05) is 0 Å². The molecule has 0 unspecified atom stereocenters. The standard InChI is InChI=1S/C28H27NO5S/c1-19-8-11-23(12-9-19)33-14-15-34-24-13-10-21(16-25(24)32-3)17-26-27(30)29(28(31)35-26)18-22-7-5-4-6-20(22)2/h4-13,16-17H,14-15,18H2,1-3H3/b26-17-. The maximum absolute atomic E-state index is 12.9. The Morgan fingerprint density at radius 3 is 2.37 bits per heavy atom. The molecular formula is C28H27NO5S. The van der Waals surface area contributed by atoms with Crippen LogP contribution in [0.4, 0.5) is 4.79 Å². The van der Waals surface area contributed by atoms with Crippen LogP contribution in [0.25, 0.3) is 6.08 Å². The molecule has 0 saturated carbocycles. The molecule has 0 N–H and O–H groups in total. The van der Waals surface area contributed by atoms with Crippen molar-refractivity contribution in [2.24, 2.45) is 0 Å². The topological polar surface area (TPSA) is 65.1 Å². The van der Waals surface area contributed by atoms with E-state index >= 15 is 0 Å².